The Morgan fingerprint density at radius 1 is 1.15 bits per heavy atom. The van der Waals surface area contributed by atoms with Gasteiger partial charge in [-0.25, -0.2) is 9.67 Å². The van der Waals surface area contributed by atoms with Crippen LogP contribution in [0.1, 0.15) is 53.6 Å². The van der Waals surface area contributed by atoms with Crippen molar-refractivity contribution in [2.24, 2.45) is 0 Å². The van der Waals surface area contributed by atoms with Crippen LogP contribution in [-0.4, -0.2) is 27.2 Å². The van der Waals surface area contributed by atoms with Crippen LogP contribution in [0.2, 0.25) is 0 Å². The molecule has 0 bridgehead atoms. The molecule has 3 rings (SSSR count). The SMILES string of the molecule is CCCCCNC(=O)c1cc(-n2nc(C)c(C)c2C)c2ccccc2n1. The number of hydrogen-bond donors (Lipinski definition) is 1. The minimum atomic E-state index is -0.133. The molecular weight excluding hydrogens is 324 g/mol. The molecule has 0 aliphatic carbocycles. The summed E-state index contributed by atoms with van der Waals surface area (Å²) in [7, 11) is 0. The van der Waals surface area contributed by atoms with Crippen LogP contribution in [0.25, 0.3) is 16.6 Å². The Hall–Kier alpha value is -2.69. The van der Waals surface area contributed by atoms with Crippen molar-refractivity contribution in [2.45, 2.75) is 47.0 Å². The van der Waals surface area contributed by atoms with Gasteiger partial charge in [0.1, 0.15) is 5.69 Å². The Kier molecular flexibility index (Phi) is 5.35. The number of carbonyl (C=O) groups is 1. The van der Waals surface area contributed by atoms with Crippen LogP contribution in [0.3, 0.4) is 0 Å². The Labute approximate surface area is 154 Å². The van der Waals surface area contributed by atoms with E-state index in [-0.39, 0.29) is 5.91 Å². The standard InChI is InChI=1S/C21H26N4O/c1-5-6-9-12-22-21(26)19-13-20(17-10-7-8-11-18(17)23-19)25-16(4)14(2)15(3)24-25/h7-8,10-11,13H,5-6,9,12H2,1-4H3,(H,22,26). The molecule has 0 saturated heterocycles. The highest BCUT2D eigenvalue weighted by Gasteiger charge is 2.16. The number of unbranched alkanes of at least 4 members (excludes halogenated alkanes) is 2. The molecule has 5 nitrogen and oxygen atoms in total. The van der Waals surface area contributed by atoms with Gasteiger partial charge in [0.25, 0.3) is 5.91 Å². The van der Waals surface area contributed by atoms with Crippen molar-refractivity contribution < 1.29 is 4.79 Å². The van der Waals surface area contributed by atoms with E-state index in [1.165, 1.54) is 0 Å². The number of nitrogens with zero attached hydrogens (tertiary/aromatic N) is 3. The summed E-state index contributed by atoms with van der Waals surface area (Å²) in [5, 5.41) is 8.64. The summed E-state index contributed by atoms with van der Waals surface area (Å²) in [4.78, 5) is 17.2. The number of benzene rings is 1. The Morgan fingerprint density at radius 3 is 2.62 bits per heavy atom. The molecule has 1 amide bonds. The van der Waals surface area contributed by atoms with Crippen LogP contribution < -0.4 is 5.32 Å². The fourth-order valence-corrected chi connectivity index (χ4v) is 3.07. The van der Waals surface area contributed by atoms with E-state index in [2.05, 4.69) is 36.2 Å². The lowest BCUT2D eigenvalue weighted by Crippen LogP contribution is -2.25. The van der Waals surface area contributed by atoms with E-state index in [1.54, 1.807) is 0 Å². The summed E-state index contributed by atoms with van der Waals surface area (Å²) in [6.45, 7) is 8.95. The van der Waals surface area contributed by atoms with E-state index in [0.717, 1.165) is 52.8 Å². The predicted octanol–water partition coefficient (Wildman–Crippen LogP) is 4.27. The van der Waals surface area contributed by atoms with E-state index < -0.39 is 0 Å². The third kappa shape index (κ3) is 3.47. The highest BCUT2D eigenvalue weighted by Crippen LogP contribution is 2.25. The van der Waals surface area contributed by atoms with Crippen LogP contribution in [-0.2, 0) is 0 Å². The molecule has 0 unspecified atom stereocenters. The third-order valence-electron chi connectivity index (χ3n) is 4.87. The third-order valence-corrected chi connectivity index (χ3v) is 4.87. The maximum atomic E-state index is 12.6. The molecule has 5 heteroatoms. The molecule has 26 heavy (non-hydrogen) atoms. The number of nitrogens with one attached hydrogen (secondary N) is 1. The molecule has 2 aromatic heterocycles. The van der Waals surface area contributed by atoms with Crippen molar-refractivity contribution in [3.8, 4) is 5.69 Å². The van der Waals surface area contributed by atoms with Crippen LogP contribution in [0, 0.1) is 20.8 Å². The van der Waals surface area contributed by atoms with E-state index in [1.807, 2.05) is 41.9 Å². The summed E-state index contributed by atoms with van der Waals surface area (Å²) in [6.07, 6.45) is 3.23. The Bertz CT molecular complexity index is 943. The van der Waals surface area contributed by atoms with Crippen LogP contribution in [0.4, 0.5) is 0 Å². The fourth-order valence-electron chi connectivity index (χ4n) is 3.07. The molecule has 0 atom stereocenters. The molecule has 0 fully saturated rings. The topological polar surface area (TPSA) is 59.8 Å². The van der Waals surface area contributed by atoms with E-state index in [9.17, 15) is 4.79 Å². The molecule has 1 N–H and O–H groups in total. The molecule has 3 aromatic rings. The van der Waals surface area contributed by atoms with Crippen molar-refractivity contribution in [1.29, 1.82) is 0 Å². The zero-order valence-electron chi connectivity index (χ0n) is 16.0. The quantitative estimate of drug-likeness (QED) is 0.676. The zero-order chi connectivity index (χ0) is 18.7. The van der Waals surface area contributed by atoms with Gasteiger partial charge in [-0.1, -0.05) is 38.0 Å². The minimum absolute atomic E-state index is 0.133. The first-order valence-corrected chi connectivity index (χ1v) is 9.24. The van der Waals surface area contributed by atoms with Crippen molar-refractivity contribution in [3.05, 3.63) is 53.0 Å². The van der Waals surface area contributed by atoms with E-state index >= 15 is 0 Å². The number of fused-ring (bicyclic) bond motifs is 1. The number of carbonyl (C=O) groups excluding carboxylic acids is 1. The first-order chi connectivity index (χ1) is 12.5. The Morgan fingerprint density at radius 2 is 1.92 bits per heavy atom. The van der Waals surface area contributed by atoms with E-state index in [4.69, 9.17) is 0 Å². The van der Waals surface area contributed by atoms with Crippen LogP contribution in [0.15, 0.2) is 30.3 Å². The van der Waals surface area contributed by atoms with Crippen LogP contribution >= 0.6 is 0 Å². The second-order valence-electron chi connectivity index (χ2n) is 6.71. The zero-order valence-corrected chi connectivity index (χ0v) is 16.0. The van der Waals surface area contributed by atoms with Gasteiger partial charge in [-0.3, -0.25) is 4.79 Å². The number of aryl methyl sites for hydroxylation is 1. The molecule has 0 spiro atoms. The summed E-state index contributed by atoms with van der Waals surface area (Å²) in [6, 6.07) is 9.72. The first kappa shape index (κ1) is 18.1. The van der Waals surface area contributed by atoms with Crippen molar-refractivity contribution >= 4 is 16.8 Å². The van der Waals surface area contributed by atoms with Gasteiger partial charge < -0.3 is 5.32 Å². The minimum Gasteiger partial charge on any atom is -0.351 e. The summed E-state index contributed by atoms with van der Waals surface area (Å²) in [5.41, 5.74) is 5.36. The number of rotatable bonds is 6. The first-order valence-electron chi connectivity index (χ1n) is 9.24. The predicted molar refractivity (Wildman–Crippen MR) is 105 cm³/mol. The van der Waals surface area contributed by atoms with Gasteiger partial charge in [-0.2, -0.15) is 5.10 Å². The van der Waals surface area contributed by atoms with Gasteiger partial charge in [0.15, 0.2) is 0 Å². The molecule has 1 aromatic carbocycles. The smallest absolute Gasteiger partial charge is 0.269 e. The largest absolute Gasteiger partial charge is 0.351 e. The highest BCUT2D eigenvalue weighted by atomic mass is 16.1. The normalized spacial score (nSPS) is 11.1. The lowest BCUT2D eigenvalue weighted by molar-refractivity contribution is 0.0948. The van der Waals surface area contributed by atoms with Gasteiger partial charge in [-0.15, -0.1) is 0 Å². The van der Waals surface area contributed by atoms with Gasteiger partial charge >= 0.3 is 0 Å². The Balaban J connectivity index is 2.04. The van der Waals surface area contributed by atoms with Gasteiger partial charge in [0.05, 0.1) is 16.9 Å². The lowest BCUT2D eigenvalue weighted by atomic mass is 10.1. The molecule has 0 saturated carbocycles. The average molecular weight is 350 g/mol. The number of amides is 1. The molecular formula is C21H26N4O. The monoisotopic (exact) mass is 350 g/mol. The maximum Gasteiger partial charge on any atom is 0.269 e. The molecule has 0 aliphatic rings. The second-order valence-corrected chi connectivity index (χ2v) is 6.71. The van der Waals surface area contributed by atoms with Crippen molar-refractivity contribution in [3.63, 3.8) is 0 Å². The average Bonchev–Trinajstić information content (AvgIpc) is 2.91. The number of para-hydroxylation sites is 1. The van der Waals surface area contributed by atoms with Crippen molar-refractivity contribution in [1.82, 2.24) is 20.1 Å². The lowest BCUT2D eigenvalue weighted by Gasteiger charge is -2.12. The molecule has 0 aliphatic heterocycles. The number of pyridine rings is 1. The number of hydrogen-bond acceptors (Lipinski definition) is 3. The summed E-state index contributed by atoms with van der Waals surface area (Å²) in [5.74, 6) is -0.133. The van der Waals surface area contributed by atoms with Crippen LogP contribution in [0.5, 0.6) is 0 Å². The van der Waals surface area contributed by atoms with Gasteiger partial charge in [-0.05, 0) is 44.9 Å². The summed E-state index contributed by atoms with van der Waals surface area (Å²) >= 11 is 0. The highest BCUT2D eigenvalue weighted by molar-refractivity contribution is 5.97. The number of aromatic nitrogens is 3. The molecule has 2 heterocycles. The maximum absolute atomic E-state index is 12.6. The van der Waals surface area contributed by atoms with Gasteiger partial charge in [0.2, 0.25) is 0 Å². The molecule has 0 radical (unpaired) electrons. The molecule has 136 valence electrons. The second kappa shape index (κ2) is 7.68. The van der Waals surface area contributed by atoms with Crippen molar-refractivity contribution in [2.75, 3.05) is 6.54 Å². The fraction of sp³-hybridized carbons (Fsp3) is 0.381. The summed E-state index contributed by atoms with van der Waals surface area (Å²) < 4.78 is 1.92. The van der Waals surface area contributed by atoms with E-state index in [0.29, 0.717) is 12.2 Å². The van der Waals surface area contributed by atoms with Gasteiger partial charge in [0, 0.05) is 17.6 Å².